The molecule has 114 valence electrons. The fraction of sp³-hybridized carbons (Fsp3) is 0.533. The fourth-order valence-corrected chi connectivity index (χ4v) is 2.87. The zero-order chi connectivity index (χ0) is 15.4. The second kappa shape index (κ2) is 6.67. The molecule has 0 bridgehead atoms. The van der Waals surface area contributed by atoms with Gasteiger partial charge in [0.1, 0.15) is 0 Å². The predicted octanol–water partition coefficient (Wildman–Crippen LogP) is 2.12. The summed E-state index contributed by atoms with van der Waals surface area (Å²) in [5.74, 6) is -0.109. The van der Waals surface area contributed by atoms with E-state index in [9.17, 15) is 14.9 Å². The van der Waals surface area contributed by atoms with Gasteiger partial charge in [0.15, 0.2) is 0 Å². The number of nitro benzene ring substituents is 1. The standard InChI is InChI=1S/C15H21N3O3/c1-11-7-12(9-14(8-11)18(20)21)15(19)17-6-4-3-5-13(17)10-16-2/h7-9,13,16H,3-6,10H2,1-2H3. The second-order valence-corrected chi connectivity index (χ2v) is 5.52. The lowest BCUT2D eigenvalue weighted by molar-refractivity contribution is -0.384. The van der Waals surface area contributed by atoms with Gasteiger partial charge in [0.05, 0.1) is 4.92 Å². The third-order valence-electron chi connectivity index (χ3n) is 3.85. The van der Waals surface area contributed by atoms with E-state index >= 15 is 0 Å². The van der Waals surface area contributed by atoms with Crippen molar-refractivity contribution < 1.29 is 9.72 Å². The number of nitro groups is 1. The minimum Gasteiger partial charge on any atom is -0.334 e. The van der Waals surface area contributed by atoms with Gasteiger partial charge in [-0.2, -0.15) is 0 Å². The molecular formula is C15H21N3O3. The van der Waals surface area contributed by atoms with E-state index in [1.54, 1.807) is 13.0 Å². The number of carbonyl (C=O) groups is 1. The lowest BCUT2D eigenvalue weighted by Crippen LogP contribution is -2.48. The molecule has 1 aliphatic rings. The summed E-state index contributed by atoms with van der Waals surface area (Å²) in [4.78, 5) is 25.0. The highest BCUT2D eigenvalue weighted by Crippen LogP contribution is 2.22. The molecule has 1 fully saturated rings. The number of piperidine rings is 1. The first-order valence-corrected chi connectivity index (χ1v) is 7.24. The van der Waals surface area contributed by atoms with Crippen molar-refractivity contribution in [1.29, 1.82) is 0 Å². The van der Waals surface area contributed by atoms with E-state index in [2.05, 4.69) is 5.32 Å². The first-order valence-electron chi connectivity index (χ1n) is 7.24. The molecule has 1 heterocycles. The molecule has 1 saturated heterocycles. The summed E-state index contributed by atoms with van der Waals surface area (Å²) >= 11 is 0. The van der Waals surface area contributed by atoms with Gasteiger partial charge < -0.3 is 10.2 Å². The highest BCUT2D eigenvalue weighted by molar-refractivity contribution is 5.95. The smallest absolute Gasteiger partial charge is 0.270 e. The van der Waals surface area contributed by atoms with Crippen LogP contribution in [-0.2, 0) is 0 Å². The third kappa shape index (κ3) is 3.58. The Bertz CT molecular complexity index is 543. The van der Waals surface area contributed by atoms with Crippen molar-refractivity contribution in [3.63, 3.8) is 0 Å². The highest BCUT2D eigenvalue weighted by Gasteiger charge is 2.27. The summed E-state index contributed by atoms with van der Waals surface area (Å²) in [7, 11) is 1.87. The minimum absolute atomic E-state index is 0.0273. The van der Waals surface area contributed by atoms with Crippen molar-refractivity contribution in [2.24, 2.45) is 0 Å². The van der Waals surface area contributed by atoms with Crippen LogP contribution in [0.15, 0.2) is 18.2 Å². The van der Waals surface area contributed by atoms with Crippen LogP contribution >= 0.6 is 0 Å². The number of amides is 1. The molecule has 1 amide bonds. The van der Waals surface area contributed by atoms with E-state index in [-0.39, 0.29) is 17.6 Å². The number of aryl methyl sites for hydroxylation is 1. The van der Waals surface area contributed by atoms with E-state index in [1.165, 1.54) is 12.1 Å². The van der Waals surface area contributed by atoms with Gasteiger partial charge in [-0.1, -0.05) is 0 Å². The van der Waals surface area contributed by atoms with Gasteiger partial charge in [-0.15, -0.1) is 0 Å². The molecule has 1 aliphatic heterocycles. The maximum absolute atomic E-state index is 12.7. The molecular weight excluding hydrogens is 270 g/mol. The number of hydrogen-bond acceptors (Lipinski definition) is 4. The molecule has 0 saturated carbocycles. The summed E-state index contributed by atoms with van der Waals surface area (Å²) in [6, 6.07) is 4.74. The van der Waals surface area contributed by atoms with Crippen LogP contribution in [0, 0.1) is 17.0 Å². The maximum atomic E-state index is 12.7. The second-order valence-electron chi connectivity index (χ2n) is 5.52. The van der Waals surface area contributed by atoms with E-state index < -0.39 is 4.92 Å². The third-order valence-corrected chi connectivity index (χ3v) is 3.85. The Hall–Kier alpha value is -1.95. The number of hydrogen-bond donors (Lipinski definition) is 1. The summed E-state index contributed by atoms with van der Waals surface area (Å²) < 4.78 is 0. The number of nitrogens with one attached hydrogen (secondary N) is 1. The lowest BCUT2D eigenvalue weighted by Gasteiger charge is -2.35. The Balaban J connectivity index is 2.27. The normalized spacial score (nSPS) is 18.6. The number of likely N-dealkylation sites (N-methyl/N-ethyl adjacent to an activating group) is 1. The van der Waals surface area contributed by atoms with Crippen LogP contribution in [0.2, 0.25) is 0 Å². The highest BCUT2D eigenvalue weighted by atomic mass is 16.6. The van der Waals surface area contributed by atoms with Crippen LogP contribution in [0.5, 0.6) is 0 Å². The van der Waals surface area contributed by atoms with Crippen molar-refractivity contribution in [2.45, 2.75) is 32.2 Å². The molecule has 1 N–H and O–H groups in total. The van der Waals surface area contributed by atoms with Crippen LogP contribution < -0.4 is 5.32 Å². The molecule has 21 heavy (non-hydrogen) atoms. The molecule has 1 unspecified atom stereocenters. The van der Waals surface area contributed by atoms with Crippen LogP contribution in [0.4, 0.5) is 5.69 Å². The van der Waals surface area contributed by atoms with Crippen molar-refractivity contribution in [1.82, 2.24) is 10.2 Å². The van der Waals surface area contributed by atoms with Gasteiger partial charge in [-0.05, 0) is 44.9 Å². The number of carbonyl (C=O) groups excluding carboxylic acids is 1. The Morgan fingerprint density at radius 1 is 1.43 bits per heavy atom. The number of nitrogens with zero attached hydrogens (tertiary/aromatic N) is 2. The molecule has 6 nitrogen and oxygen atoms in total. The van der Waals surface area contributed by atoms with Gasteiger partial charge in [-0.25, -0.2) is 0 Å². The van der Waals surface area contributed by atoms with Gasteiger partial charge in [0.2, 0.25) is 0 Å². The fourth-order valence-electron chi connectivity index (χ4n) is 2.87. The van der Waals surface area contributed by atoms with Crippen molar-refractivity contribution in [2.75, 3.05) is 20.1 Å². The molecule has 6 heteroatoms. The summed E-state index contributed by atoms with van der Waals surface area (Å²) in [5, 5.41) is 14.1. The molecule has 1 atom stereocenters. The molecule has 1 aromatic carbocycles. The van der Waals surface area contributed by atoms with Crippen molar-refractivity contribution in [3.05, 3.63) is 39.4 Å². The monoisotopic (exact) mass is 291 g/mol. The van der Waals surface area contributed by atoms with Crippen LogP contribution in [-0.4, -0.2) is 41.9 Å². The first kappa shape index (κ1) is 15.4. The Morgan fingerprint density at radius 3 is 2.86 bits per heavy atom. The largest absolute Gasteiger partial charge is 0.334 e. The van der Waals surface area contributed by atoms with Crippen molar-refractivity contribution in [3.8, 4) is 0 Å². The van der Waals surface area contributed by atoms with Gasteiger partial charge in [-0.3, -0.25) is 14.9 Å². The van der Waals surface area contributed by atoms with Crippen LogP contribution in [0.25, 0.3) is 0 Å². The number of benzene rings is 1. The van der Waals surface area contributed by atoms with Gasteiger partial charge >= 0.3 is 0 Å². The quantitative estimate of drug-likeness (QED) is 0.681. The topological polar surface area (TPSA) is 75.5 Å². The average molecular weight is 291 g/mol. The average Bonchev–Trinajstić information content (AvgIpc) is 2.47. The molecule has 0 spiro atoms. The zero-order valence-corrected chi connectivity index (χ0v) is 12.5. The van der Waals surface area contributed by atoms with Gasteiger partial charge in [0.25, 0.3) is 11.6 Å². The van der Waals surface area contributed by atoms with Crippen LogP contribution in [0.1, 0.15) is 35.2 Å². The number of likely N-dealkylation sites (tertiary alicyclic amines) is 1. The summed E-state index contributed by atoms with van der Waals surface area (Å²) in [5.41, 5.74) is 1.11. The van der Waals surface area contributed by atoms with E-state index in [4.69, 9.17) is 0 Å². The van der Waals surface area contributed by atoms with Gasteiger partial charge in [0, 0.05) is 36.8 Å². The molecule has 0 aromatic heterocycles. The SMILES string of the molecule is CNCC1CCCCN1C(=O)c1cc(C)cc([N+](=O)[O-])c1. The van der Waals surface area contributed by atoms with E-state index in [0.29, 0.717) is 12.1 Å². The summed E-state index contributed by atoms with van der Waals surface area (Å²) in [6.45, 7) is 3.23. The molecule has 0 radical (unpaired) electrons. The predicted molar refractivity (Wildman–Crippen MR) is 80.4 cm³/mol. The van der Waals surface area contributed by atoms with E-state index in [1.807, 2.05) is 11.9 Å². The number of rotatable bonds is 4. The maximum Gasteiger partial charge on any atom is 0.270 e. The molecule has 0 aliphatic carbocycles. The Kier molecular flexibility index (Phi) is 4.90. The molecule has 2 rings (SSSR count). The van der Waals surface area contributed by atoms with Crippen LogP contribution in [0.3, 0.4) is 0 Å². The number of non-ortho nitro benzene ring substituents is 1. The first-order chi connectivity index (χ1) is 10.0. The van der Waals surface area contributed by atoms with E-state index in [0.717, 1.165) is 31.4 Å². The molecule has 1 aromatic rings. The van der Waals surface area contributed by atoms with Crippen molar-refractivity contribution >= 4 is 11.6 Å². The Labute approximate surface area is 124 Å². The zero-order valence-electron chi connectivity index (χ0n) is 12.5. The Morgan fingerprint density at radius 2 is 2.19 bits per heavy atom. The lowest BCUT2D eigenvalue weighted by atomic mass is 10.00. The summed E-state index contributed by atoms with van der Waals surface area (Å²) in [6.07, 6.45) is 3.07. The minimum atomic E-state index is -0.453.